The number of phenolic OH excluding ortho intramolecular Hbond substituents is 2. The van der Waals surface area contributed by atoms with Crippen molar-refractivity contribution in [2.24, 2.45) is 17.8 Å². The van der Waals surface area contributed by atoms with E-state index in [4.69, 9.17) is 0 Å². The Kier molecular flexibility index (Phi) is 5.42. The Hall–Kier alpha value is -2.83. The number of phenols is 2. The van der Waals surface area contributed by atoms with E-state index in [1.54, 1.807) is 36.4 Å². The van der Waals surface area contributed by atoms with Crippen molar-refractivity contribution in [3.8, 4) is 11.5 Å². The predicted octanol–water partition coefficient (Wildman–Crippen LogP) is 5.53. The zero-order valence-corrected chi connectivity index (χ0v) is 20.4. The van der Waals surface area contributed by atoms with Gasteiger partial charge in [0, 0.05) is 11.5 Å². The van der Waals surface area contributed by atoms with Crippen LogP contribution in [0.25, 0.3) is 0 Å². The molecule has 0 unspecified atom stereocenters. The quantitative estimate of drug-likeness (QED) is 0.398. The molecule has 4 saturated carbocycles. The fourth-order valence-electron chi connectivity index (χ4n) is 7.42. The molecule has 182 valence electrons. The lowest BCUT2D eigenvalue weighted by Gasteiger charge is -2.56. The van der Waals surface area contributed by atoms with Crippen LogP contribution in [-0.2, 0) is 10.0 Å². The number of rotatable bonds is 6. The summed E-state index contributed by atoms with van der Waals surface area (Å²) >= 11 is 0. The van der Waals surface area contributed by atoms with Crippen LogP contribution in [0.4, 0.5) is 0 Å². The Labute approximate surface area is 206 Å². The molecule has 6 heteroatoms. The molecule has 3 N–H and O–H groups in total. The molecule has 4 aliphatic carbocycles. The van der Waals surface area contributed by atoms with Crippen LogP contribution in [-0.4, -0.2) is 24.2 Å². The number of hydrogen-bond donors (Lipinski definition) is 3. The van der Waals surface area contributed by atoms with Gasteiger partial charge in [0.05, 0.1) is 4.90 Å². The third-order valence-electron chi connectivity index (χ3n) is 8.36. The molecule has 0 atom stereocenters. The normalized spacial score (nSPS) is 27.4. The van der Waals surface area contributed by atoms with E-state index >= 15 is 0 Å². The van der Waals surface area contributed by atoms with E-state index in [1.807, 2.05) is 36.4 Å². The predicted molar refractivity (Wildman–Crippen MR) is 135 cm³/mol. The molecule has 0 spiro atoms. The Morgan fingerprint density at radius 2 is 1.17 bits per heavy atom. The minimum Gasteiger partial charge on any atom is -0.508 e. The van der Waals surface area contributed by atoms with E-state index in [0.29, 0.717) is 28.2 Å². The third kappa shape index (κ3) is 4.23. The van der Waals surface area contributed by atoms with Crippen molar-refractivity contribution in [2.45, 2.75) is 54.9 Å². The molecule has 0 saturated heterocycles. The minimum absolute atomic E-state index is 0.155. The molecule has 0 heterocycles. The van der Waals surface area contributed by atoms with Crippen LogP contribution < -0.4 is 4.72 Å². The van der Waals surface area contributed by atoms with E-state index in [9.17, 15) is 18.6 Å². The number of sulfonamides is 1. The Morgan fingerprint density at radius 3 is 1.66 bits per heavy atom. The first-order valence-electron chi connectivity index (χ1n) is 12.5. The van der Waals surface area contributed by atoms with Gasteiger partial charge in [-0.1, -0.05) is 42.5 Å². The monoisotopic (exact) mass is 489 g/mol. The van der Waals surface area contributed by atoms with Gasteiger partial charge in [0.2, 0.25) is 10.0 Å². The Morgan fingerprint density at radius 1 is 0.714 bits per heavy atom. The SMILES string of the molecule is O=S(=O)(NC12CC3CC(CC(C3)C1)C2)c1ccccc1C(c1ccc(O)cc1)c1ccc(O)cc1. The fourth-order valence-corrected chi connectivity index (χ4v) is 9.11. The first-order valence-corrected chi connectivity index (χ1v) is 14.0. The molecule has 7 rings (SSSR count). The van der Waals surface area contributed by atoms with Gasteiger partial charge in [-0.2, -0.15) is 0 Å². The van der Waals surface area contributed by atoms with Crippen LogP contribution in [0, 0.1) is 17.8 Å². The Balaban J connectivity index is 1.42. The van der Waals surface area contributed by atoms with Gasteiger partial charge in [-0.05, 0) is 103 Å². The summed E-state index contributed by atoms with van der Waals surface area (Å²) in [7, 11) is -3.78. The summed E-state index contributed by atoms with van der Waals surface area (Å²) in [4.78, 5) is 0.293. The van der Waals surface area contributed by atoms with Gasteiger partial charge in [-0.15, -0.1) is 0 Å². The summed E-state index contributed by atoms with van der Waals surface area (Å²) in [6, 6.07) is 21.0. The summed E-state index contributed by atoms with van der Waals surface area (Å²) in [6.07, 6.45) is 6.59. The van der Waals surface area contributed by atoms with Crippen molar-refractivity contribution in [3.63, 3.8) is 0 Å². The highest BCUT2D eigenvalue weighted by Gasteiger charge is 2.52. The summed E-state index contributed by atoms with van der Waals surface area (Å²) in [6.45, 7) is 0. The van der Waals surface area contributed by atoms with Crippen molar-refractivity contribution in [2.75, 3.05) is 0 Å². The van der Waals surface area contributed by atoms with Crippen molar-refractivity contribution in [3.05, 3.63) is 89.5 Å². The molecule has 0 aromatic heterocycles. The van der Waals surface area contributed by atoms with Crippen LogP contribution in [0.1, 0.15) is 61.1 Å². The van der Waals surface area contributed by atoms with Gasteiger partial charge in [0.15, 0.2) is 0 Å². The maximum atomic E-state index is 14.0. The third-order valence-corrected chi connectivity index (χ3v) is 10.0. The van der Waals surface area contributed by atoms with E-state index in [0.717, 1.165) is 30.4 Å². The molecule has 0 radical (unpaired) electrons. The van der Waals surface area contributed by atoms with Crippen molar-refractivity contribution >= 4 is 10.0 Å². The standard InChI is InChI=1S/C29H31NO4S/c31-24-9-5-22(6-10-24)28(23-7-11-25(32)12-8-23)26-3-1-2-4-27(26)35(33,34)30-29-16-19-13-20(17-29)15-21(14-19)18-29/h1-12,19-21,28,30-32H,13-18H2. The highest BCUT2D eigenvalue weighted by Crippen LogP contribution is 2.56. The molecule has 4 fully saturated rings. The molecule has 4 aliphatic rings. The zero-order valence-electron chi connectivity index (χ0n) is 19.6. The van der Waals surface area contributed by atoms with Crippen LogP contribution in [0.5, 0.6) is 11.5 Å². The van der Waals surface area contributed by atoms with Crippen LogP contribution in [0.15, 0.2) is 77.7 Å². The first-order chi connectivity index (χ1) is 16.8. The lowest BCUT2D eigenvalue weighted by Crippen LogP contribution is -2.59. The lowest BCUT2D eigenvalue weighted by molar-refractivity contribution is -0.00811. The maximum Gasteiger partial charge on any atom is 0.241 e. The van der Waals surface area contributed by atoms with Gasteiger partial charge in [-0.3, -0.25) is 0 Å². The van der Waals surface area contributed by atoms with Gasteiger partial charge in [0.1, 0.15) is 11.5 Å². The van der Waals surface area contributed by atoms with Crippen LogP contribution in [0.3, 0.4) is 0 Å². The van der Waals surface area contributed by atoms with Crippen LogP contribution >= 0.6 is 0 Å². The molecular weight excluding hydrogens is 458 g/mol. The highest BCUT2D eigenvalue weighted by atomic mass is 32.2. The van der Waals surface area contributed by atoms with E-state index in [2.05, 4.69) is 4.72 Å². The molecule has 0 aliphatic heterocycles. The number of benzene rings is 3. The molecular formula is C29H31NO4S. The molecule has 3 aromatic rings. The number of nitrogens with one attached hydrogen (secondary N) is 1. The molecule has 5 nitrogen and oxygen atoms in total. The minimum atomic E-state index is -3.78. The largest absolute Gasteiger partial charge is 0.508 e. The van der Waals surface area contributed by atoms with Crippen molar-refractivity contribution < 1.29 is 18.6 Å². The number of aromatic hydroxyl groups is 2. The van der Waals surface area contributed by atoms with Gasteiger partial charge >= 0.3 is 0 Å². The number of hydrogen-bond acceptors (Lipinski definition) is 4. The summed E-state index contributed by atoms with van der Waals surface area (Å²) < 4.78 is 31.3. The van der Waals surface area contributed by atoms with Crippen LogP contribution in [0.2, 0.25) is 0 Å². The van der Waals surface area contributed by atoms with Gasteiger partial charge in [0.25, 0.3) is 0 Å². The summed E-state index contributed by atoms with van der Waals surface area (Å²) in [5.41, 5.74) is 2.09. The summed E-state index contributed by atoms with van der Waals surface area (Å²) in [5.74, 6) is 1.85. The Bertz CT molecular complexity index is 1250. The zero-order chi connectivity index (χ0) is 24.2. The van der Waals surface area contributed by atoms with Crippen molar-refractivity contribution in [1.29, 1.82) is 0 Å². The van der Waals surface area contributed by atoms with E-state index < -0.39 is 10.0 Å². The molecule has 35 heavy (non-hydrogen) atoms. The smallest absolute Gasteiger partial charge is 0.241 e. The molecule has 4 bridgehead atoms. The van der Waals surface area contributed by atoms with E-state index in [1.165, 1.54) is 19.3 Å². The molecule has 3 aromatic carbocycles. The second-order valence-electron chi connectivity index (χ2n) is 11.0. The average Bonchev–Trinajstić information content (AvgIpc) is 2.80. The summed E-state index contributed by atoms with van der Waals surface area (Å²) in [5, 5.41) is 19.7. The van der Waals surface area contributed by atoms with Crippen molar-refractivity contribution in [1.82, 2.24) is 4.72 Å². The maximum absolute atomic E-state index is 14.0. The second kappa shape index (κ2) is 8.38. The molecule has 0 amide bonds. The second-order valence-corrected chi connectivity index (χ2v) is 12.6. The first kappa shape index (κ1) is 22.6. The highest BCUT2D eigenvalue weighted by molar-refractivity contribution is 7.89. The average molecular weight is 490 g/mol. The topological polar surface area (TPSA) is 86.6 Å². The lowest BCUT2D eigenvalue weighted by atomic mass is 9.53. The van der Waals surface area contributed by atoms with Gasteiger partial charge in [-0.25, -0.2) is 13.1 Å². The van der Waals surface area contributed by atoms with E-state index in [-0.39, 0.29) is 23.0 Å². The van der Waals surface area contributed by atoms with Gasteiger partial charge < -0.3 is 10.2 Å². The fraction of sp³-hybridized carbons (Fsp3) is 0.379.